The third-order valence-corrected chi connectivity index (χ3v) is 6.98. The van der Waals surface area contributed by atoms with E-state index in [0.717, 1.165) is 9.87 Å². The van der Waals surface area contributed by atoms with Gasteiger partial charge in [0, 0.05) is 12.7 Å². The lowest BCUT2D eigenvalue weighted by atomic mass is 10.2. The van der Waals surface area contributed by atoms with Crippen molar-refractivity contribution in [2.45, 2.75) is 18.7 Å². The van der Waals surface area contributed by atoms with Gasteiger partial charge in [-0.15, -0.1) is 0 Å². The molecule has 3 rings (SSSR count). The average molecular weight is 487 g/mol. The van der Waals surface area contributed by atoms with Crippen molar-refractivity contribution in [1.82, 2.24) is 0 Å². The molecule has 0 spiro atoms. The van der Waals surface area contributed by atoms with Crippen molar-refractivity contribution in [3.8, 4) is 11.5 Å². The second-order valence-electron chi connectivity index (χ2n) is 7.52. The first-order valence-electron chi connectivity index (χ1n) is 10.6. The quantitative estimate of drug-likeness (QED) is 0.448. The largest absolute Gasteiger partial charge is 0.495 e. The van der Waals surface area contributed by atoms with Crippen molar-refractivity contribution < 1.29 is 27.1 Å². The van der Waals surface area contributed by atoms with Crippen LogP contribution in [0.1, 0.15) is 12.5 Å². The maximum atomic E-state index is 13.8. The van der Waals surface area contributed by atoms with E-state index in [-0.39, 0.29) is 16.3 Å². The molecule has 0 saturated carbocycles. The number of carbonyl (C=O) groups excluding carboxylic acids is 1. The topological polar surface area (TPSA) is 76.2 Å². The molecule has 0 fully saturated rings. The number of rotatable bonds is 9. The molecule has 0 heterocycles. The monoisotopic (exact) mass is 486 g/mol. The van der Waals surface area contributed by atoms with Crippen molar-refractivity contribution in [3.63, 3.8) is 0 Å². The van der Waals surface area contributed by atoms with Crippen molar-refractivity contribution in [2.75, 3.05) is 36.5 Å². The van der Waals surface area contributed by atoms with E-state index in [1.807, 2.05) is 6.92 Å². The van der Waals surface area contributed by atoms with Crippen molar-refractivity contribution in [1.29, 1.82) is 0 Å². The van der Waals surface area contributed by atoms with Gasteiger partial charge >= 0.3 is 0 Å². The lowest BCUT2D eigenvalue weighted by Gasteiger charge is -2.27. The molecule has 9 heteroatoms. The molecule has 0 atom stereocenters. The van der Waals surface area contributed by atoms with Crippen LogP contribution in [0.15, 0.2) is 71.6 Å². The Hall–Kier alpha value is -3.59. The average Bonchev–Trinajstić information content (AvgIpc) is 2.83. The number of ether oxygens (including phenoxy) is 2. The molecule has 0 radical (unpaired) electrons. The van der Waals surface area contributed by atoms with E-state index in [4.69, 9.17) is 9.47 Å². The van der Waals surface area contributed by atoms with E-state index in [9.17, 15) is 17.6 Å². The van der Waals surface area contributed by atoms with Crippen LogP contribution in [0.4, 0.5) is 15.8 Å². The fourth-order valence-corrected chi connectivity index (χ4v) is 4.99. The van der Waals surface area contributed by atoms with Gasteiger partial charge in [0.05, 0.1) is 19.4 Å². The molecule has 0 aliphatic rings. The second kappa shape index (κ2) is 10.6. The Kier molecular flexibility index (Phi) is 7.78. The Morgan fingerprint density at radius 2 is 1.59 bits per heavy atom. The number of sulfonamides is 1. The molecule has 0 unspecified atom stereocenters. The smallest absolute Gasteiger partial charge is 0.268 e. The first-order valence-corrected chi connectivity index (χ1v) is 12.0. The van der Waals surface area contributed by atoms with E-state index in [0.29, 0.717) is 18.0 Å². The summed E-state index contributed by atoms with van der Waals surface area (Å²) >= 11 is 0. The minimum absolute atomic E-state index is 0.0545. The zero-order valence-electron chi connectivity index (χ0n) is 19.5. The van der Waals surface area contributed by atoms with Crippen LogP contribution in [0.5, 0.6) is 11.5 Å². The summed E-state index contributed by atoms with van der Waals surface area (Å²) in [6.07, 6.45) is 0. The van der Waals surface area contributed by atoms with Gasteiger partial charge in [-0.05, 0) is 80.1 Å². The Balaban J connectivity index is 2.04. The fourth-order valence-electron chi connectivity index (χ4n) is 3.33. The summed E-state index contributed by atoms with van der Waals surface area (Å²) in [5.41, 5.74) is 1.44. The van der Waals surface area contributed by atoms with Crippen LogP contribution >= 0.6 is 0 Å². The van der Waals surface area contributed by atoms with E-state index < -0.39 is 28.3 Å². The van der Waals surface area contributed by atoms with Crippen LogP contribution in [-0.2, 0) is 14.8 Å². The van der Waals surface area contributed by atoms with Gasteiger partial charge in [0.25, 0.3) is 10.0 Å². The van der Waals surface area contributed by atoms with Crippen molar-refractivity contribution in [3.05, 3.63) is 78.1 Å². The third kappa shape index (κ3) is 5.48. The number of hydrogen-bond acceptors (Lipinski definition) is 5. The fraction of sp³-hybridized carbons (Fsp3) is 0.240. The van der Waals surface area contributed by atoms with Crippen LogP contribution in [0.2, 0.25) is 0 Å². The van der Waals surface area contributed by atoms with Gasteiger partial charge < -0.3 is 14.4 Å². The molecule has 0 N–H and O–H groups in total. The van der Waals surface area contributed by atoms with E-state index in [2.05, 4.69) is 0 Å². The van der Waals surface area contributed by atoms with Crippen LogP contribution < -0.4 is 18.7 Å². The van der Waals surface area contributed by atoms with Crippen molar-refractivity contribution >= 4 is 27.3 Å². The highest BCUT2D eigenvalue weighted by atomic mass is 32.2. The summed E-state index contributed by atoms with van der Waals surface area (Å²) in [5.74, 6) is -0.196. The molecule has 0 bridgehead atoms. The first-order chi connectivity index (χ1) is 16.2. The SMILES string of the molecule is CCOc1ccc(N(CC(=O)N(C)c2ccc(F)cc2)S(=O)(=O)c2cc(C)ccc2OC)cc1. The number of aryl methyl sites for hydroxylation is 1. The summed E-state index contributed by atoms with van der Waals surface area (Å²) < 4.78 is 52.7. The van der Waals surface area contributed by atoms with Crippen LogP contribution in [0, 0.1) is 12.7 Å². The summed E-state index contributed by atoms with van der Waals surface area (Å²) in [6, 6.07) is 16.6. The molecule has 3 aromatic carbocycles. The lowest BCUT2D eigenvalue weighted by Crippen LogP contribution is -2.42. The molecule has 7 nitrogen and oxygen atoms in total. The molecule has 1 amide bonds. The molecule has 0 aromatic heterocycles. The molecular formula is C25H27FN2O5S. The van der Waals surface area contributed by atoms with Gasteiger partial charge in [0.15, 0.2) is 0 Å². The van der Waals surface area contributed by atoms with E-state index in [1.165, 1.54) is 49.4 Å². The molecule has 0 aliphatic heterocycles. The summed E-state index contributed by atoms with van der Waals surface area (Å²) in [5, 5.41) is 0. The maximum Gasteiger partial charge on any atom is 0.268 e. The predicted octanol–water partition coefficient (Wildman–Crippen LogP) is 4.40. The number of benzene rings is 3. The predicted molar refractivity (Wildman–Crippen MR) is 130 cm³/mol. The summed E-state index contributed by atoms with van der Waals surface area (Å²) in [6.45, 7) is 3.59. The molecular weight excluding hydrogens is 459 g/mol. The molecule has 0 saturated heterocycles. The van der Waals surface area contributed by atoms with Crippen LogP contribution in [0.25, 0.3) is 0 Å². The summed E-state index contributed by atoms with van der Waals surface area (Å²) in [7, 11) is -1.31. The number of halogens is 1. The number of carbonyl (C=O) groups is 1. The Bertz CT molecular complexity index is 1250. The highest BCUT2D eigenvalue weighted by Crippen LogP contribution is 2.32. The lowest BCUT2D eigenvalue weighted by molar-refractivity contribution is -0.116. The highest BCUT2D eigenvalue weighted by Gasteiger charge is 2.31. The number of likely N-dealkylation sites (N-methyl/N-ethyl adjacent to an activating group) is 1. The van der Waals surface area contributed by atoms with E-state index >= 15 is 0 Å². The van der Waals surface area contributed by atoms with Gasteiger partial charge in [-0.25, -0.2) is 12.8 Å². The molecule has 34 heavy (non-hydrogen) atoms. The second-order valence-corrected chi connectivity index (χ2v) is 9.35. The standard InChI is InChI=1S/C25H27FN2O5S/c1-5-33-22-13-11-21(12-14-22)28(17-25(29)27(3)20-9-7-19(26)8-10-20)34(30,31)24-16-18(2)6-15-23(24)32-4/h6-16H,5,17H2,1-4H3. The number of amides is 1. The van der Waals surface area contributed by atoms with Gasteiger partial charge in [-0.1, -0.05) is 6.07 Å². The van der Waals surface area contributed by atoms with E-state index in [1.54, 1.807) is 43.3 Å². The Morgan fingerprint density at radius 1 is 0.971 bits per heavy atom. The molecule has 0 aliphatic carbocycles. The van der Waals surface area contributed by atoms with Gasteiger partial charge in [-0.2, -0.15) is 0 Å². The number of nitrogens with zero attached hydrogens (tertiary/aromatic N) is 2. The molecule has 3 aromatic rings. The number of methoxy groups -OCH3 is 1. The highest BCUT2D eigenvalue weighted by molar-refractivity contribution is 7.93. The Morgan fingerprint density at radius 3 is 2.18 bits per heavy atom. The molecule has 180 valence electrons. The van der Waals surface area contributed by atoms with Crippen LogP contribution in [0.3, 0.4) is 0 Å². The van der Waals surface area contributed by atoms with Crippen LogP contribution in [-0.4, -0.2) is 41.6 Å². The first kappa shape index (κ1) is 25.0. The maximum absolute atomic E-state index is 13.8. The van der Waals surface area contributed by atoms with Gasteiger partial charge in [-0.3, -0.25) is 9.10 Å². The van der Waals surface area contributed by atoms with Gasteiger partial charge in [0.2, 0.25) is 5.91 Å². The van der Waals surface area contributed by atoms with Gasteiger partial charge in [0.1, 0.15) is 28.8 Å². The van der Waals surface area contributed by atoms with Crippen molar-refractivity contribution in [2.24, 2.45) is 0 Å². The number of anilines is 2. The third-order valence-electron chi connectivity index (χ3n) is 5.19. The minimum atomic E-state index is -4.20. The Labute approximate surface area is 199 Å². The normalized spacial score (nSPS) is 11.1. The minimum Gasteiger partial charge on any atom is -0.495 e. The zero-order valence-corrected chi connectivity index (χ0v) is 20.3. The summed E-state index contributed by atoms with van der Waals surface area (Å²) in [4.78, 5) is 14.4. The number of hydrogen-bond donors (Lipinski definition) is 0. The zero-order chi connectivity index (χ0) is 24.9.